The molecule has 1 radical (unpaired) electrons. The van der Waals surface area contributed by atoms with Crippen molar-refractivity contribution in [3.8, 4) is 0 Å². The van der Waals surface area contributed by atoms with Crippen LogP contribution in [0, 0.1) is 6.92 Å². The second-order valence-electron chi connectivity index (χ2n) is 7.73. The number of para-hydroxylation sites is 2. The SMILES string of the molecule is [CH2]CCC(c1ccc2ccccc2n1)C(N)CCCc1ccc2ccccc2n1. The Morgan fingerprint density at radius 1 is 0.759 bits per heavy atom. The highest BCUT2D eigenvalue weighted by Gasteiger charge is 2.20. The monoisotopic (exact) mass is 382 g/mol. The van der Waals surface area contributed by atoms with Gasteiger partial charge < -0.3 is 5.73 Å². The molecule has 2 unspecified atom stereocenters. The smallest absolute Gasteiger partial charge is 0.0705 e. The van der Waals surface area contributed by atoms with Crippen molar-refractivity contribution in [1.82, 2.24) is 9.97 Å². The molecule has 0 spiro atoms. The quantitative estimate of drug-likeness (QED) is 0.417. The van der Waals surface area contributed by atoms with Crippen LogP contribution in [0.2, 0.25) is 0 Å². The fourth-order valence-electron chi connectivity index (χ4n) is 4.06. The van der Waals surface area contributed by atoms with Gasteiger partial charge in [-0.25, -0.2) is 0 Å². The Labute approximate surface area is 173 Å². The first-order valence-corrected chi connectivity index (χ1v) is 10.5. The van der Waals surface area contributed by atoms with Crippen molar-refractivity contribution >= 4 is 21.8 Å². The second kappa shape index (κ2) is 9.15. The Hall–Kier alpha value is -2.78. The van der Waals surface area contributed by atoms with E-state index in [1.54, 1.807) is 0 Å². The maximum Gasteiger partial charge on any atom is 0.0705 e. The Morgan fingerprint density at radius 2 is 1.41 bits per heavy atom. The number of fused-ring (bicyclic) bond motifs is 2. The predicted octanol–water partition coefficient (Wildman–Crippen LogP) is 5.83. The summed E-state index contributed by atoms with van der Waals surface area (Å²) in [5.74, 6) is 0.238. The molecule has 0 aliphatic rings. The van der Waals surface area contributed by atoms with Crippen LogP contribution in [0.3, 0.4) is 0 Å². The van der Waals surface area contributed by atoms with Crippen LogP contribution in [0.25, 0.3) is 21.8 Å². The lowest BCUT2D eigenvalue weighted by molar-refractivity contribution is 0.456. The summed E-state index contributed by atoms with van der Waals surface area (Å²) in [5, 5.41) is 2.35. The summed E-state index contributed by atoms with van der Waals surface area (Å²) >= 11 is 0. The molecule has 2 aromatic carbocycles. The number of aryl methyl sites for hydroxylation is 1. The highest BCUT2D eigenvalue weighted by atomic mass is 14.7. The van der Waals surface area contributed by atoms with Gasteiger partial charge in [0.2, 0.25) is 0 Å². The molecule has 2 heterocycles. The van der Waals surface area contributed by atoms with E-state index in [9.17, 15) is 0 Å². The maximum absolute atomic E-state index is 6.65. The number of hydrogen-bond donors (Lipinski definition) is 1. The number of rotatable bonds is 8. The molecule has 2 N–H and O–H groups in total. The van der Waals surface area contributed by atoms with Gasteiger partial charge in [-0.3, -0.25) is 9.97 Å². The summed E-state index contributed by atoms with van der Waals surface area (Å²) in [5.41, 5.74) is 11.0. The van der Waals surface area contributed by atoms with Crippen LogP contribution in [-0.2, 0) is 6.42 Å². The lowest BCUT2D eigenvalue weighted by atomic mass is 9.88. The first-order chi connectivity index (χ1) is 14.2. The summed E-state index contributed by atoms with van der Waals surface area (Å²) in [6.07, 6.45) is 4.74. The summed E-state index contributed by atoms with van der Waals surface area (Å²) in [6, 6.07) is 25.1. The van der Waals surface area contributed by atoms with Crippen molar-refractivity contribution in [3.05, 3.63) is 91.1 Å². The molecule has 0 aliphatic heterocycles. The molecule has 0 saturated heterocycles. The van der Waals surface area contributed by atoms with Crippen molar-refractivity contribution in [2.24, 2.45) is 5.73 Å². The average molecular weight is 383 g/mol. The van der Waals surface area contributed by atoms with Gasteiger partial charge in [-0.1, -0.05) is 61.9 Å². The standard InChI is InChI=1S/C26H28N3/c1-2-8-22(26-18-16-20-10-4-6-14-25(20)29-26)23(27)12-7-11-21-17-15-19-9-3-5-13-24(19)28-21/h3-6,9-10,13-18,22-23H,1-2,7-8,11-12,27H2. The van der Waals surface area contributed by atoms with E-state index in [0.29, 0.717) is 0 Å². The number of hydrogen-bond acceptors (Lipinski definition) is 3. The van der Waals surface area contributed by atoms with Crippen LogP contribution >= 0.6 is 0 Å². The van der Waals surface area contributed by atoms with Crippen LogP contribution in [-0.4, -0.2) is 16.0 Å². The van der Waals surface area contributed by atoms with E-state index >= 15 is 0 Å². The van der Waals surface area contributed by atoms with Gasteiger partial charge in [0, 0.05) is 34.1 Å². The summed E-state index contributed by atoms with van der Waals surface area (Å²) in [4.78, 5) is 9.68. The molecule has 2 aromatic heterocycles. The minimum Gasteiger partial charge on any atom is -0.327 e. The average Bonchev–Trinajstić information content (AvgIpc) is 2.77. The van der Waals surface area contributed by atoms with Gasteiger partial charge >= 0.3 is 0 Å². The Kier molecular flexibility index (Phi) is 6.16. The highest BCUT2D eigenvalue weighted by molar-refractivity contribution is 5.79. The normalized spacial score (nSPS) is 13.6. The topological polar surface area (TPSA) is 51.8 Å². The van der Waals surface area contributed by atoms with Crippen LogP contribution < -0.4 is 5.73 Å². The third-order valence-electron chi connectivity index (χ3n) is 5.66. The second-order valence-corrected chi connectivity index (χ2v) is 7.73. The number of aromatic nitrogens is 2. The zero-order valence-electron chi connectivity index (χ0n) is 16.8. The van der Waals surface area contributed by atoms with Gasteiger partial charge in [0.05, 0.1) is 11.0 Å². The van der Waals surface area contributed by atoms with Crippen LogP contribution in [0.4, 0.5) is 0 Å². The molecule has 4 rings (SSSR count). The molecule has 4 aromatic rings. The van der Waals surface area contributed by atoms with E-state index in [-0.39, 0.29) is 12.0 Å². The number of pyridine rings is 2. The van der Waals surface area contributed by atoms with E-state index in [4.69, 9.17) is 15.7 Å². The van der Waals surface area contributed by atoms with Crippen molar-refractivity contribution in [1.29, 1.82) is 0 Å². The van der Waals surface area contributed by atoms with E-state index in [1.165, 1.54) is 10.8 Å². The fourth-order valence-corrected chi connectivity index (χ4v) is 4.06. The van der Waals surface area contributed by atoms with Crippen molar-refractivity contribution in [2.45, 2.75) is 44.1 Å². The van der Waals surface area contributed by atoms with Crippen LogP contribution in [0.5, 0.6) is 0 Å². The van der Waals surface area contributed by atoms with Crippen molar-refractivity contribution in [3.63, 3.8) is 0 Å². The molecule has 3 nitrogen and oxygen atoms in total. The fraction of sp³-hybridized carbons (Fsp3) is 0.269. The third-order valence-corrected chi connectivity index (χ3v) is 5.66. The molecule has 3 heteroatoms. The molecule has 0 bridgehead atoms. The van der Waals surface area contributed by atoms with Gasteiger partial charge in [-0.05, 0) is 49.9 Å². The van der Waals surface area contributed by atoms with E-state index < -0.39 is 0 Å². The molecular weight excluding hydrogens is 354 g/mol. The molecule has 0 aliphatic carbocycles. The summed E-state index contributed by atoms with van der Waals surface area (Å²) in [6.45, 7) is 4.06. The molecule has 2 atom stereocenters. The van der Waals surface area contributed by atoms with Crippen molar-refractivity contribution < 1.29 is 0 Å². The van der Waals surface area contributed by atoms with Gasteiger partial charge in [-0.15, -0.1) is 0 Å². The molecule has 0 fully saturated rings. The zero-order chi connectivity index (χ0) is 20.1. The van der Waals surface area contributed by atoms with Gasteiger partial charge in [0.1, 0.15) is 0 Å². The molecule has 147 valence electrons. The lowest BCUT2D eigenvalue weighted by Crippen LogP contribution is -2.29. The molecule has 0 amide bonds. The van der Waals surface area contributed by atoms with Crippen molar-refractivity contribution in [2.75, 3.05) is 0 Å². The van der Waals surface area contributed by atoms with E-state index in [2.05, 4.69) is 55.5 Å². The zero-order valence-corrected chi connectivity index (χ0v) is 16.8. The summed E-state index contributed by atoms with van der Waals surface area (Å²) in [7, 11) is 0. The van der Waals surface area contributed by atoms with Gasteiger partial charge in [0.25, 0.3) is 0 Å². The first-order valence-electron chi connectivity index (χ1n) is 10.5. The highest BCUT2D eigenvalue weighted by Crippen LogP contribution is 2.27. The minimum absolute atomic E-state index is 0.0749. The largest absolute Gasteiger partial charge is 0.327 e. The Morgan fingerprint density at radius 3 is 2.14 bits per heavy atom. The van der Waals surface area contributed by atoms with E-state index in [0.717, 1.165) is 54.5 Å². The Balaban J connectivity index is 1.43. The number of nitrogens with zero attached hydrogens (tertiary/aromatic N) is 2. The number of benzene rings is 2. The first kappa shape index (κ1) is 19.5. The molecule has 29 heavy (non-hydrogen) atoms. The maximum atomic E-state index is 6.65. The van der Waals surface area contributed by atoms with Crippen LogP contribution in [0.1, 0.15) is 43.0 Å². The lowest BCUT2D eigenvalue weighted by Gasteiger charge is -2.23. The minimum atomic E-state index is 0.0749. The third kappa shape index (κ3) is 4.63. The molecule has 0 saturated carbocycles. The Bertz CT molecular complexity index is 1090. The molecular formula is C26H28N3. The predicted molar refractivity (Wildman–Crippen MR) is 122 cm³/mol. The number of nitrogens with two attached hydrogens (primary N) is 1. The van der Waals surface area contributed by atoms with Gasteiger partial charge in [-0.2, -0.15) is 0 Å². The summed E-state index contributed by atoms with van der Waals surface area (Å²) < 4.78 is 0. The van der Waals surface area contributed by atoms with E-state index in [1.807, 2.05) is 24.3 Å². The van der Waals surface area contributed by atoms with Crippen LogP contribution in [0.15, 0.2) is 72.8 Å². The van der Waals surface area contributed by atoms with Gasteiger partial charge in [0.15, 0.2) is 0 Å².